The van der Waals surface area contributed by atoms with Crippen LogP contribution in [0.3, 0.4) is 0 Å². The zero-order valence-electron chi connectivity index (χ0n) is 18.4. The molecule has 0 radical (unpaired) electrons. The van der Waals surface area contributed by atoms with Crippen LogP contribution in [-0.4, -0.2) is 32.8 Å². The quantitative estimate of drug-likeness (QED) is 0.320. The number of carbonyl (C=O) groups excluding carboxylic acids is 2. The van der Waals surface area contributed by atoms with Crippen LogP contribution in [0.15, 0.2) is 85.2 Å². The van der Waals surface area contributed by atoms with E-state index in [1.165, 1.54) is 11.3 Å². The maximum absolute atomic E-state index is 12.9. The molecule has 0 unspecified atom stereocenters. The standard InChI is InChI=1S/C26H21N5O2S/c1-31-21-8-7-19(28-16-22(32)17-5-3-2-4-6-17)15-20(21)29-26(31)30-25(33)24-10-9-23(34-24)18-11-13-27-14-12-18/h2-15,28H,16H2,1H3,(H,29,30,33). The first-order valence-corrected chi connectivity index (χ1v) is 11.5. The number of hydrogen-bond acceptors (Lipinski definition) is 6. The van der Waals surface area contributed by atoms with Crippen LogP contribution in [0.4, 0.5) is 11.6 Å². The molecule has 0 aliphatic carbocycles. The number of imidazole rings is 1. The second kappa shape index (κ2) is 9.29. The molecule has 34 heavy (non-hydrogen) atoms. The number of amides is 1. The number of thiophene rings is 1. The van der Waals surface area contributed by atoms with Crippen molar-refractivity contribution in [1.82, 2.24) is 14.5 Å². The first-order valence-electron chi connectivity index (χ1n) is 10.7. The summed E-state index contributed by atoms with van der Waals surface area (Å²) in [5, 5.41) is 6.07. The first-order chi connectivity index (χ1) is 16.6. The number of anilines is 2. The minimum Gasteiger partial charge on any atom is -0.378 e. The molecule has 5 aromatic rings. The normalized spacial score (nSPS) is 10.9. The fraction of sp³-hybridized carbons (Fsp3) is 0.0769. The summed E-state index contributed by atoms with van der Waals surface area (Å²) in [6.07, 6.45) is 3.46. The Kier molecular flexibility index (Phi) is 5.88. The number of hydrogen-bond donors (Lipinski definition) is 2. The maximum atomic E-state index is 12.9. The Labute approximate surface area is 200 Å². The van der Waals surface area contributed by atoms with Crippen LogP contribution in [0, 0.1) is 0 Å². The summed E-state index contributed by atoms with van der Waals surface area (Å²) in [5.74, 6) is 0.253. The third kappa shape index (κ3) is 4.44. The highest BCUT2D eigenvalue weighted by Crippen LogP contribution is 2.28. The number of nitrogens with zero attached hydrogens (tertiary/aromatic N) is 3. The maximum Gasteiger partial charge on any atom is 0.268 e. The van der Waals surface area contributed by atoms with Crippen molar-refractivity contribution in [3.8, 4) is 10.4 Å². The van der Waals surface area contributed by atoms with Crippen LogP contribution in [0.1, 0.15) is 20.0 Å². The number of carbonyl (C=O) groups is 2. The van der Waals surface area contributed by atoms with Gasteiger partial charge in [0.25, 0.3) is 5.91 Å². The monoisotopic (exact) mass is 467 g/mol. The molecular formula is C26H21N5O2S. The lowest BCUT2D eigenvalue weighted by Crippen LogP contribution is -2.13. The molecule has 3 aromatic heterocycles. The van der Waals surface area contributed by atoms with Gasteiger partial charge in [-0.25, -0.2) is 4.98 Å². The van der Waals surface area contributed by atoms with Gasteiger partial charge in [-0.1, -0.05) is 30.3 Å². The van der Waals surface area contributed by atoms with Crippen LogP contribution >= 0.6 is 11.3 Å². The minimum atomic E-state index is -0.212. The van der Waals surface area contributed by atoms with Crippen molar-refractivity contribution in [3.63, 3.8) is 0 Å². The molecule has 0 bridgehead atoms. The topological polar surface area (TPSA) is 88.9 Å². The number of aromatic nitrogens is 3. The van der Waals surface area contributed by atoms with Gasteiger partial charge in [-0.2, -0.15) is 0 Å². The second-order valence-electron chi connectivity index (χ2n) is 7.69. The first kappa shape index (κ1) is 21.5. The largest absolute Gasteiger partial charge is 0.378 e. The molecule has 0 atom stereocenters. The van der Waals surface area contributed by atoms with Crippen molar-refractivity contribution < 1.29 is 9.59 Å². The summed E-state index contributed by atoms with van der Waals surface area (Å²) in [5.41, 5.74) is 4.07. The van der Waals surface area contributed by atoms with Gasteiger partial charge < -0.3 is 9.88 Å². The number of nitrogens with one attached hydrogen (secondary N) is 2. The van der Waals surface area contributed by atoms with E-state index in [0.717, 1.165) is 27.2 Å². The second-order valence-corrected chi connectivity index (χ2v) is 8.78. The molecular weight excluding hydrogens is 446 g/mol. The van der Waals surface area contributed by atoms with Crippen LogP contribution in [-0.2, 0) is 7.05 Å². The van der Waals surface area contributed by atoms with E-state index in [-0.39, 0.29) is 18.2 Å². The summed E-state index contributed by atoms with van der Waals surface area (Å²) in [7, 11) is 1.85. The van der Waals surface area contributed by atoms with Crippen molar-refractivity contribution in [2.45, 2.75) is 0 Å². The van der Waals surface area contributed by atoms with Crippen LogP contribution in [0.25, 0.3) is 21.5 Å². The van der Waals surface area contributed by atoms with Crippen molar-refractivity contribution in [2.24, 2.45) is 7.05 Å². The summed E-state index contributed by atoms with van der Waals surface area (Å²) >= 11 is 1.42. The third-order valence-electron chi connectivity index (χ3n) is 5.45. The zero-order valence-corrected chi connectivity index (χ0v) is 19.2. The SMILES string of the molecule is Cn1c(NC(=O)c2ccc(-c3ccncc3)s2)nc2cc(NCC(=O)c3ccccc3)ccc21. The number of pyridine rings is 1. The van der Waals surface area contributed by atoms with E-state index in [1.54, 1.807) is 24.5 Å². The van der Waals surface area contributed by atoms with Crippen molar-refractivity contribution >= 4 is 45.7 Å². The van der Waals surface area contributed by atoms with Gasteiger partial charge in [0.2, 0.25) is 5.95 Å². The van der Waals surface area contributed by atoms with Gasteiger partial charge >= 0.3 is 0 Å². The number of benzene rings is 2. The number of ketones is 1. The zero-order chi connectivity index (χ0) is 23.5. The highest BCUT2D eigenvalue weighted by atomic mass is 32.1. The molecule has 2 N–H and O–H groups in total. The molecule has 5 rings (SSSR count). The summed E-state index contributed by atoms with van der Waals surface area (Å²) in [6.45, 7) is 0.185. The summed E-state index contributed by atoms with van der Waals surface area (Å²) in [4.78, 5) is 35.4. The van der Waals surface area contributed by atoms with Gasteiger partial charge in [0, 0.05) is 35.6 Å². The van der Waals surface area contributed by atoms with Crippen molar-refractivity contribution in [3.05, 3.63) is 95.6 Å². The number of Topliss-reactive ketones (excluding diaryl/α,β-unsaturated/α-hetero) is 1. The molecule has 168 valence electrons. The molecule has 7 nitrogen and oxygen atoms in total. The van der Waals surface area contributed by atoms with Gasteiger partial charge in [0.15, 0.2) is 5.78 Å². The van der Waals surface area contributed by atoms with E-state index < -0.39 is 0 Å². The highest BCUT2D eigenvalue weighted by molar-refractivity contribution is 7.17. The summed E-state index contributed by atoms with van der Waals surface area (Å²) < 4.78 is 1.84. The Morgan fingerprint density at radius 3 is 2.56 bits per heavy atom. The van der Waals surface area contributed by atoms with E-state index >= 15 is 0 Å². The van der Waals surface area contributed by atoms with E-state index in [9.17, 15) is 9.59 Å². The predicted octanol–water partition coefficient (Wildman–Crippen LogP) is 5.24. The molecule has 0 spiro atoms. The van der Waals surface area contributed by atoms with Gasteiger partial charge in [-0.05, 0) is 48.0 Å². The van der Waals surface area contributed by atoms with Crippen LogP contribution in [0.2, 0.25) is 0 Å². The van der Waals surface area contributed by atoms with E-state index in [4.69, 9.17) is 0 Å². The third-order valence-corrected chi connectivity index (χ3v) is 6.58. The Hall–Kier alpha value is -4.30. The van der Waals surface area contributed by atoms with Gasteiger partial charge in [0.1, 0.15) is 0 Å². The summed E-state index contributed by atoms with van der Waals surface area (Å²) in [6, 6.07) is 22.4. The Bertz CT molecular complexity index is 1480. The molecule has 2 aromatic carbocycles. The minimum absolute atomic E-state index is 0.0109. The number of rotatable bonds is 7. The smallest absolute Gasteiger partial charge is 0.268 e. The average molecular weight is 468 g/mol. The molecule has 0 saturated heterocycles. The fourth-order valence-electron chi connectivity index (χ4n) is 3.62. The Morgan fingerprint density at radius 2 is 1.76 bits per heavy atom. The molecule has 0 saturated carbocycles. The Balaban J connectivity index is 1.30. The van der Waals surface area contributed by atoms with E-state index in [2.05, 4.69) is 20.6 Å². The van der Waals surface area contributed by atoms with E-state index in [1.807, 2.05) is 72.3 Å². The molecule has 1 amide bonds. The fourth-order valence-corrected chi connectivity index (χ4v) is 4.53. The van der Waals surface area contributed by atoms with Gasteiger partial charge in [-0.15, -0.1) is 11.3 Å². The van der Waals surface area contributed by atoms with Crippen LogP contribution in [0.5, 0.6) is 0 Å². The van der Waals surface area contributed by atoms with Crippen molar-refractivity contribution in [1.29, 1.82) is 0 Å². The Morgan fingerprint density at radius 1 is 0.971 bits per heavy atom. The molecule has 0 fully saturated rings. The lowest BCUT2D eigenvalue weighted by atomic mass is 10.1. The molecule has 0 aliphatic rings. The lowest BCUT2D eigenvalue weighted by Gasteiger charge is -2.06. The number of aryl methyl sites for hydroxylation is 1. The lowest BCUT2D eigenvalue weighted by molar-refractivity contribution is 0.100. The molecule has 3 heterocycles. The van der Waals surface area contributed by atoms with E-state index in [0.29, 0.717) is 16.4 Å². The van der Waals surface area contributed by atoms with Crippen molar-refractivity contribution in [2.75, 3.05) is 17.2 Å². The molecule has 0 aliphatic heterocycles. The highest BCUT2D eigenvalue weighted by Gasteiger charge is 2.15. The average Bonchev–Trinajstić information content (AvgIpc) is 3.49. The van der Waals surface area contributed by atoms with Gasteiger partial charge in [0.05, 0.1) is 22.5 Å². The predicted molar refractivity (Wildman–Crippen MR) is 135 cm³/mol. The van der Waals surface area contributed by atoms with Gasteiger partial charge in [-0.3, -0.25) is 19.9 Å². The molecule has 8 heteroatoms. The van der Waals surface area contributed by atoms with Crippen LogP contribution < -0.4 is 10.6 Å². The number of fused-ring (bicyclic) bond motifs is 1.